The quantitative estimate of drug-likeness (QED) is 0.778. The van der Waals surface area contributed by atoms with Crippen molar-refractivity contribution in [2.24, 2.45) is 11.7 Å². The Morgan fingerprint density at radius 2 is 2.04 bits per heavy atom. The minimum atomic E-state index is -0.143. The van der Waals surface area contributed by atoms with Gasteiger partial charge < -0.3 is 15.8 Å². The van der Waals surface area contributed by atoms with E-state index in [9.17, 15) is 4.79 Å². The number of amides is 1. The molecule has 1 atom stereocenters. The number of rotatable bonds is 7. The summed E-state index contributed by atoms with van der Waals surface area (Å²) in [5.41, 5.74) is 7.14. The second kappa shape index (κ2) is 8.70. The second-order valence-corrected chi connectivity index (χ2v) is 6.38. The van der Waals surface area contributed by atoms with E-state index >= 15 is 0 Å². The molecule has 23 heavy (non-hydrogen) atoms. The molecule has 0 spiro atoms. The van der Waals surface area contributed by atoms with Crippen molar-refractivity contribution in [3.05, 3.63) is 64.1 Å². The van der Waals surface area contributed by atoms with Crippen LogP contribution in [0.3, 0.4) is 0 Å². The highest BCUT2D eigenvalue weighted by Gasteiger charge is 2.12. The van der Waals surface area contributed by atoms with Crippen molar-refractivity contribution < 1.29 is 9.53 Å². The van der Waals surface area contributed by atoms with Crippen LogP contribution in [0.1, 0.15) is 22.8 Å². The van der Waals surface area contributed by atoms with Crippen LogP contribution in [0.5, 0.6) is 5.75 Å². The zero-order valence-electron chi connectivity index (χ0n) is 13.1. The molecule has 0 saturated heterocycles. The predicted octanol–water partition coefficient (Wildman–Crippen LogP) is 3.35. The van der Waals surface area contributed by atoms with Crippen molar-refractivity contribution in [3.63, 3.8) is 0 Å². The number of hydrogen-bond donors (Lipinski definition) is 2. The standard InChI is InChI=1S/C18H21BrN2O2/c1-13(10-20)11-21-18(22)16-7-2-3-8-17(16)23-12-14-5-4-6-15(19)9-14/h2-9,13H,10-12,20H2,1H3,(H,21,22). The molecule has 2 aromatic carbocycles. The van der Waals surface area contributed by atoms with E-state index in [0.29, 0.717) is 31.0 Å². The molecule has 0 fully saturated rings. The van der Waals surface area contributed by atoms with Gasteiger partial charge >= 0.3 is 0 Å². The molecule has 0 saturated carbocycles. The highest BCUT2D eigenvalue weighted by molar-refractivity contribution is 9.10. The molecule has 1 unspecified atom stereocenters. The fraction of sp³-hybridized carbons (Fsp3) is 0.278. The third-order valence-corrected chi connectivity index (χ3v) is 3.92. The Bertz CT molecular complexity index is 661. The van der Waals surface area contributed by atoms with Crippen molar-refractivity contribution in [2.75, 3.05) is 13.1 Å². The van der Waals surface area contributed by atoms with Crippen LogP contribution in [0.25, 0.3) is 0 Å². The normalized spacial score (nSPS) is 11.8. The van der Waals surface area contributed by atoms with Gasteiger partial charge in [0.2, 0.25) is 0 Å². The third-order valence-electron chi connectivity index (χ3n) is 3.43. The molecule has 0 radical (unpaired) electrons. The summed E-state index contributed by atoms with van der Waals surface area (Å²) < 4.78 is 6.83. The number of nitrogens with one attached hydrogen (secondary N) is 1. The summed E-state index contributed by atoms with van der Waals surface area (Å²) in [6.45, 7) is 3.50. The summed E-state index contributed by atoms with van der Waals surface area (Å²) in [6, 6.07) is 15.1. The second-order valence-electron chi connectivity index (χ2n) is 5.47. The van der Waals surface area contributed by atoms with Crippen LogP contribution in [0, 0.1) is 5.92 Å². The Balaban J connectivity index is 2.03. The summed E-state index contributed by atoms with van der Waals surface area (Å²) in [6.07, 6.45) is 0. The van der Waals surface area contributed by atoms with Crippen LogP contribution in [0.4, 0.5) is 0 Å². The molecule has 0 aromatic heterocycles. The van der Waals surface area contributed by atoms with Gasteiger partial charge in [-0.1, -0.05) is 47.1 Å². The molecule has 0 heterocycles. The SMILES string of the molecule is CC(CN)CNC(=O)c1ccccc1OCc1cccc(Br)c1. The molecule has 2 rings (SSSR count). The first-order valence-electron chi connectivity index (χ1n) is 7.54. The fourth-order valence-corrected chi connectivity index (χ4v) is 2.46. The topological polar surface area (TPSA) is 64.3 Å². The summed E-state index contributed by atoms with van der Waals surface area (Å²) in [7, 11) is 0. The Labute approximate surface area is 145 Å². The van der Waals surface area contributed by atoms with Crippen LogP contribution >= 0.6 is 15.9 Å². The Kier molecular flexibility index (Phi) is 6.62. The molecule has 5 heteroatoms. The average molecular weight is 377 g/mol. The Hall–Kier alpha value is -1.85. The molecule has 0 aliphatic rings. The molecule has 0 bridgehead atoms. The van der Waals surface area contributed by atoms with E-state index in [2.05, 4.69) is 21.2 Å². The highest BCUT2D eigenvalue weighted by atomic mass is 79.9. The van der Waals surface area contributed by atoms with Gasteiger partial charge in [-0.3, -0.25) is 4.79 Å². The Morgan fingerprint density at radius 1 is 1.26 bits per heavy atom. The lowest BCUT2D eigenvalue weighted by molar-refractivity contribution is 0.0944. The van der Waals surface area contributed by atoms with Crippen LogP contribution in [-0.2, 0) is 6.61 Å². The number of para-hydroxylation sites is 1. The number of benzene rings is 2. The summed E-state index contributed by atoms with van der Waals surface area (Å²) >= 11 is 3.44. The van der Waals surface area contributed by atoms with Gasteiger partial charge in [-0.15, -0.1) is 0 Å². The average Bonchev–Trinajstić information content (AvgIpc) is 2.58. The molecule has 0 aliphatic heterocycles. The third kappa shape index (κ3) is 5.37. The van der Waals surface area contributed by atoms with Gasteiger partial charge in [0, 0.05) is 11.0 Å². The summed E-state index contributed by atoms with van der Waals surface area (Å²) in [4.78, 5) is 12.3. The van der Waals surface area contributed by atoms with Crippen molar-refractivity contribution >= 4 is 21.8 Å². The maximum absolute atomic E-state index is 12.3. The molecular formula is C18H21BrN2O2. The minimum absolute atomic E-state index is 0.143. The van der Waals surface area contributed by atoms with Crippen molar-refractivity contribution in [3.8, 4) is 5.75 Å². The zero-order chi connectivity index (χ0) is 16.7. The van der Waals surface area contributed by atoms with E-state index in [4.69, 9.17) is 10.5 Å². The van der Waals surface area contributed by atoms with Crippen molar-refractivity contribution in [1.29, 1.82) is 0 Å². The first-order valence-corrected chi connectivity index (χ1v) is 8.34. The first kappa shape index (κ1) is 17.5. The lowest BCUT2D eigenvalue weighted by Gasteiger charge is -2.13. The zero-order valence-corrected chi connectivity index (χ0v) is 14.7. The summed E-state index contributed by atoms with van der Waals surface area (Å²) in [5.74, 6) is 0.675. The van der Waals surface area contributed by atoms with Crippen LogP contribution < -0.4 is 15.8 Å². The number of carbonyl (C=O) groups is 1. The van der Waals surface area contributed by atoms with Crippen molar-refractivity contribution in [1.82, 2.24) is 5.32 Å². The lowest BCUT2D eigenvalue weighted by atomic mass is 10.1. The molecular weight excluding hydrogens is 356 g/mol. The smallest absolute Gasteiger partial charge is 0.255 e. The maximum Gasteiger partial charge on any atom is 0.255 e. The fourth-order valence-electron chi connectivity index (χ4n) is 2.01. The number of halogens is 1. The van der Waals surface area contributed by atoms with Gasteiger partial charge in [0.15, 0.2) is 0 Å². The van der Waals surface area contributed by atoms with Crippen molar-refractivity contribution in [2.45, 2.75) is 13.5 Å². The largest absolute Gasteiger partial charge is 0.488 e. The van der Waals surface area contributed by atoms with E-state index in [-0.39, 0.29) is 11.8 Å². The number of hydrogen-bond acceptors (Lipinski definition) is 3. The minimum Gasteiger partial charge on any atom is -0.488 e. The van der Waals surface area contributed by atoms with Gasteiger partial charge in [-0.2, -0.15) is 0 Å². The maximum atomic E-state index is 12.3. The molecule has 4 nitrogen and oxygen atoms in total. The lowest BCUT2D eigenvalue weighted by Crippen LogP contribution is -2.31. The van der Waals surface area contributed by atoms with Gasteiger partial charge in [0.25, 0.3) is 5.91 Å². The van der Waals surface area contributed by atoms with Gasteiger partial charge in [0.05, 0.1) is 5.56 Å². The number of nitrogens with two attached hydrogens (primary N) is 1. The Morgan fingerprint density at radius 3 is 2.78 bits per heavy atom. The first-order chi connectivity index (χ1) is 11.1. The van der Waals surface area contributed by atoms with E-state index in [1.165, 1.54) is 0 Å². The molecule has 1 amide bonds. The van der Waals surface area contributed by atoms with Gasteiger partial charge in [0.1, 0.15) is 12.4 Å². The molecule has 3 N–H and O–H groups in total. The molecule has 2 aromatic rings. The number of carbonyl (C=O) groups excluding carboxylic acids is 1. The summed E-state index contributed by atoms with van der Waals surface area (Å²) in [5, 5.41) is 2.89. The predicted molar refractivity (Wildman–Crippen MR) is 95.5 cm³/mol. The van der Waals surface area contributed by atoms with E-state index in [1.807, 2.05) is 43.3 Å². The van der Waals surface area contributed by atoms with Gasteiger partial charge in [-0.05, 0) is 42.3 Å². The van der Waals surface area contributed by atoms with Gasteiger partial charge in [-0.25, -0.2) is 0 Å². The molecule has 0 aliphatic carbocycles. The van der Waals surface area contributed by atoms with E-state index in [0.717, 1.165) is 10.0 Å². The van der Waals surface area contributed by atoms with E-state index < -0.39 is 0 Å². The number of ether oxygens (including phenoxy) is 1. The highest BCUT2D eigenvalue weighted by Crippen LogP contribution is 2.20. The monoisotopic (exact) mass is 376 g/mol. The van der Waals surface area contributed by atoms with Crippen LogP contribution in [0.2, 0.25) is 0 Å². The molecule has 122 valence electrons. The van der Waals surface area contributed by atoms with Crippen LogP contribution in [-0.4, -0.2) is 19.0 Å². The van der Waals surface area contributed by atoms with E-state index in [1.54, 1.807) is 12.1 Å². The van der Waals surface area contributed by atoms with Crippen LogP contribution in [0.15, 0.2) is 53.0 Å².